The number of hydrogen-bond acceptors (Lipinski definition) is 5. The summed E-state index contributed by atoms with van der Waals surface area (Å²) in [5, 5.41) is 8.09. The Labute approximate surface area is 163 Å². The first-order valence-electron chi connectivity index (χ1n) is 9.50. The smallest absolute Gasteiger partial charge is 0.413 e. The number of rotatable bonds is 5. The first kappa shape index (κ1) is 18.3. The van der Waals surface area contributed by atoms with Gasteiger partial charge in [-0.1, -0.05) is 19.1 Å². The Balaban J connectivity index is 1.28. The molecule has 1 amide bonds. The van der Waals surface area contributed by atoms with Crippen LogP contribution in [0.25, 0.3) is 10.8 Å². The highest BCUT2D eigenvalue weighted by Crippen LogP contribution is 2.23. The summed E-state index contributed by atoms with van der Waals surface area (Å²) in [5.41, 5.74) is 1.94. The van der Waals surface area contributed by atoms with E-state index in [1.807, 2.05) is 54.7 Å². The maximum Gasteiger partial charge on any atom is 0.413 e. The van der Waals surface area contributed by atoms with Crippen molar-refractivity contribution < 1.29 is 14.3 Å². The number of nitrogens with one attached hydrogen (secondary N) is 2. The van der Waals surface area contributed by atoms with Crippen LogP contribution in [0.3, 0.4) is 0 Å². The third-order valence-electron chi connectivity index (χ3n) is 4.82. The van der Waals surface area contributed by atoms with E-state index >= 15 is 0 Å². The molecule has 1 aliphatic rings. The molecular weight excluding hydrogens is 354 g/mol. The van der Waals surface area contributed by atoms with Crippen molar-refractivity contribution in [1.82, 2.24) is 10.3 Å². The largest absolute Gasteiger partial charge is 0.489 e. The van der Waals surface area contributed by atoms with E-state index in [4.69, 9.17) is 9.47 Å². The molecule has 2 heterocycles. The van der Waals surface area contributed by atoms with Crippen LogP contribution in [0.4, 0.5) is 10.5 Å². The van der Waals surface area contributed by atoms with Gasteiger partial charge < -0.3 is 9.47 Å². The minimum Gasteiger partial charge on any atom is -0.489 e. The molecule has 0 bridgehead atoms. The van der Waals surface area contributed by atoms with Crippen LogP contribution in [-0.2, 0) is 11.2 Å². The Kier molecular flexibility index (Phi) is 5.39. The number of ether oxygens (including phenoxy) is 2. The molecule has 2 N–H and O–H groups in total. The Morgan fingerprint density at radius 3 is 2.86 bits per heavy atom. The van der Waals surface area contributed by atoms with Crippen LogP contribution in [0.15, 0.2) is 60.9 Å². The summed E-state index contributed by atoms with van der Waals surface area (Å²) in [6.07, 6.45) is 4.25. The standard InChI is InChI=1S/C22H23N3O3/c1-2-15-3-6-18(7-4-15)25-22(26)28-21-12-20(14-24-21)27-19-8-5-17-13-23-10-9-16(17)11-19/h3-11,13,20-21,24H,2,12,14H2,1H3,(H,25,26)/t20-,21+/m1/s1. The predicted molar refractivity (Wildman–Crippen MR) is 108 cm³/mol. The normalized spacial score (nSPS) is 18.8. The number of fused-ring (bicyclic) bond motifs is 1. The zero-order valence-corrected chi connectivity index (χ0v) is 15.7. The van der Waals surface area contributed by atoms with Crippen LogP contribution in [0.2, 0.25) is 0 Å². The van der Waals surface area contributed by atoms with Crippen LogP contribution in [-0.4, -0.2) is 30.0 Å². The maximum atomic E-state index is 12.1. The highest BCUT2D eigenvalue weighted by atomic mass is 16.6. The number of anilines is 1. The number of aromatic nitrogens is 1. The minimum atomic E-state index is -0.472. The summed E-state index contributed by atoms with van der Waals surface area (Å²) in [7, 11) is 0. The predicted octanol–water partition coefficient (Wildman–Crippen LogP) is 4.11. The van der Waals surface area contributed by atoms with Crippen LogP contribution >= 0.6 is 0 Å². The number of carbonyl (C=O) groups is 1. The van der Waals surface area contributed by atoms with Gasteiger partial charge in [-0.3, -0.25) is 15.6 Å². The number of carbonyl (C=O) groups excluding carboxylic acids is 1. The third kappa shape index (κ3) is 4.40. The molecule has 4 rings (SSSR count). The van der Waals surface area contributed by atoms with Gasteiger partial charge in [0.25, 0.3) is 0 Å². The lowest BCUT2D eigenvalue weighted by Gasteiger charge is -2.14. The van der Waals surface area contributed by atoms with Gasteiger partial charge in [0.05, 0.1) is 0 Å². The van der Waals surface area contributed by atoms with Crippen LogP contribution in [0.1, 0.15) is 18.9 Å². The molecule has 1 fully saturated rings. The van der Waals surface area contributed by atoms with Gasteiger partial charge >= 0.3 is 6.09 Å². The van der Waals surface area contributed by atoms with E-state index in [9.17, 15) is 4.79 Å². The summed E-state index contributed by atoms with van der Waals surface area (Å²) in [6.45, 7) is 2.72. The summed E-state index contributed by atoms with van der Waals surface area (Å²) >= 11 is 0. The summed E-state index contributed by atoms with van der Waals surface area (Å²) in [4.78, 5) is 16.2. The zero-order valence-electron chi connectivity index (χ0n) is 15.7. The van der Waals surface area contributed by atoms with Crippen LogP contribution in [0.5, 0.6) is 5.75 Å². The monoisotopic (exact) mass is 377 g/mol. The van der Waals surface area contributed by atoms with Gasteiger partial charge in [0.15, 0.2) is 6.23 Å². The minimum absolute atomic E-state index is 0.0547. The molecule has 6 heteroatoms. The molecule has 28 heavy (non-hydrogen) atoms. The van der Waals surface area contributed by atoms with E-state index in [0.29, 0.717) is 13.0 Å². The molecule has 6 nitrogen and oxygen atoms in total. The highest BCUT2D eigenvalue weighted by Gasteiger charge is 2.28. The molecule has 1 aliphatic heterocycles. The SMILES string of the molecule is CCc1ccc(NC(=O)O[C@H]2C[C@@H](Oc3ccc4cnccc4c3)CN2)cc1. The van der Waals surface area contributed by atoms with Gasteiger partial charge in [0.2, 0.25) is 0 Å². The lowest BCUT2D eigenvalue weighted by molar-refractivity contribution is 0.0942. The Hall–Kier alpha value is -3.12. The Morgan fingerprint density at radius 2 is 2.04 bits per heavy atom. The summed E-state index contributed by atoms with van der Waals surface area (Å²) in [5.74, 6) is 0.798. The van der Waals surface area contributed by atoms with E-state index in [1.165, 1.54) is 5.56 Å². The number of hydrogen-bond donors (Lipinski definition) is 2. The highest BCUT2D eigenvalue weighted by molar-refractivity contribution is 5.84. The molecular formula is C22H23N3O3. The van der Waals surface area contributed by atoms with E-state index in [-0.39, 0.29) is 12.3 Å². The van der Waals surface area contributed by atoms with Crippen molar-refractivity contribution in [3.8, 4) is 5.75 Å². The average Bonchev–Trinajstić information content (AvgIpc) is 3.15. The Morgan fingerprint density at radius 1 is 1.18 bits per heavy atom. The summed E-state index contributed by atoms with van der Waals surface area (Å²) < 4.78 is 11.5. The number of pyridine rings is 1. The van der Waals surface area contributed by atoms with Gasteiger partial charge in [-0.05, 0) is 53.8 Å². The molecule has 0 radical (unpaired) electrons. The van der Waals surface area contributed by atoms with E-state index in [1.54, 1.807) is 6.20 Å². The Bertz CT molecular complexity index is 959. The number of nitrogens with zero attached hydrogens (tertiary/aromatic N) is 1. The number of benzene rings is 2. The molecule has 2 aromatic carbocycles. The van der Waals surface area contributed by atoms with E-state index in [0.717, 1.165) is 28.6 Å². The molecule has 3 aromatic rings. The van der Waals surface area contributed by atoms with Gasteiger partial charge in [-0.25, -0.2) is 4.79 Å². The van der Waals surface area contributed by atoms with Gasteiger partial charge in [0, 0.05) is 36.4 Å². The molecule has 0 saturated carbocycles. The van der Waals surface area contributed by atoms with E-state index in [2.05, 4.69) is 22.5 Å². The van der Waals surface area contributed by atoms with Crippen molar-refractivity contribution in [3.05, 3.63) is 66.5 Å². The lowest BCUT2D eigenvalue weighted by atomic mass is 10.1. The van der Waals surface area contributed by atoms with Gasteiger partial charge in [-0.15, -0.1) is 0 Å². The quantitative estimate of drug-likeness (QED) is 0.700. The second-order valence-electron chi connectivity index (χ2n) is 6.84. The molecule has 0 aliphatic carbocycles. The molecule has 1 saturated heterocycles. The van der Waals surface area contributed by atoms with E-state index < -0.39 is 6.09 Å². The lowest BCUT2D eigenvalue weighted by Crippen LogP contribution is -2.29. The second kappa shape index (κ2) is 8.27. The van der Waals surface area contributed by atoms with Gasteiger partial charge in [0.1, 0.15) is 11.9 Å². The fraction of sp³-hybridized carbons (Fsp3) is 0.273. The topological polar surface area (TPSA) is 72.5 Å². The first-order chi connectivity index (χ1) is 13.7. The maximum absolute atomic E-state index is 12.1. The molecule has 1 aromatic heterocycles. The second-order valence-corrected chi connectivity index (χ2v) is 6.84. The van der Waals surface area contributed by atoms with Crippen molar-refractivity contribution in [2.75, 3.05) is 11.9 Å². The van der Waals surface area contributed by atoms with Crippen LogP contribution < -0.4 is 15.4 Å². The van der Waals surface area contributed by atoms with Crippen molar-refractivity contribution in [2.45, 2.75) is 32.1 Å². The van der Waals surface area contributed by atoms with Crippen molar-refractivity contribution in [3.63, 3.8) is 0 Å². The zero-order chi connectivity index (χ0) is 19.3. The fourth-order valence-corrected chi connectivity index (χ4v) is 3.28. The van der Waals surface area contributed by atoms with Crippen molar-refractivity contribution >= 4 is 22.6 Å². The average molecular weight is 377 g/mol. The van der Waals surface area contributed by atoms with Crippen molar-refractivity contribution in [1.29, 1.82) is 0 Å². The first-order valence-corrected chi connectivity index (χ1v) is 9.50. The van der Waals surface area contributed by atoms with Crippen molar-refractivity contribution in [2.24, 2.45) is 0 Å². The molecule has 144 valence electrons. The third-order valence-corrected chi connectivity index (χ3v) is 4.82. The number of aryl methyl sites for hydroxylation is 1. The molecule has 0 unspecified atom stereocenters. The number of amides is 1. The van der Waals surface area contributed by atoms with Gasteiger partial charge in [-0.2, -0.15) is 0 Å². The summed E-state index contributed by atoms with van der Waals surface area (Å²) in [6, 6.07) is 15.6. The fourth-order valence-electron chi connectivity index (χ4n) is 3.28. The molecule has 0 spiro atoms. The molecule has 2 atom stereocenters. The van der Waals surface area contributed by atoms with Crippen LogP contribution in [0, 0.1) is 0 Å².